The topological polar surface area (TPSA) is 35.6 Å². The van der Waals surface area contributed by atoms with Crippen molar-refractivity contribution >= 4 is 11.6 Å². The molecule has 142 valence electrons. The number of para-hydroxylation sites is 1. The number of hydrogen-bond donors (Lipinski definition) is 1. The lowest BCUT2D eigenvalue weighted by atomic mass is 10.1. The maximum Gasteiger partial charge on any atom is 0.251 e. The molecule has 0 unspecified atom stereocenters. The molecule has 2 heterocycles. The summed E-state index contributed by atoms with van der Waals surface area (Å²) in [5, 5.41) is 3.16. The van der Waals surface area contributed by atoms with Crippen LogP contribution in [0.1, 0.15) is 47.2 Å². The van der Waals surface area contributed by atoms with Gasteiger partial charge < -0.3 is 10.2 Å². The summed E-state index contributed by atoms with van der Waals surface area (Å²) in [4.78, 5) is 17.8. The molecule has 2 aliphatic heterocycles. The average Bonchev–Trinajstić information content (AvgIpc) is 3.41. The molecular weight excluding hydrogens is 334 g/mol. The van der Waals surface area contributed by atoms with Gasteiger partial charge in [0.25, 0.3) is 5.91 Å². The fourth-order valence-electron chi connectivity index (χ4n) is 4.26. The predicted octanol–water partition coefficient (Wildman–Crippen LogP) is 3.81. The van der Waals surface area contributed by atoms with Crippen LogP contribution < -0.4 is 10.2 Å². The number of amides is 1. The largest absolute Gasteiger partial charge is 0.371 e. The highest BCUT2D eigenvalue weighted by Gasteiger charge is 2.18. The number of rotatable bonds is 6. The lowest BCUT2D eigenvalue weighted by Gasteiger charge is -2.22. The minimum absolute atomic E-state index is 0.0287. The van der Waals surface area contributed by atoms with Gasteiger partial charge in [-0.25, -0.2) is 0 Å². The summed E-state index contributed by atoms with van der Waals surface area (Å²) in [5.41, 5.74) is 4.40. The van der Waals surface area contributed by atoms with Gasteiger partial charge in [0.05, 0.1) is 0 Å². The van der Waals surface area contributed by atoms with Crippen molar-refractivity contribution in [2.75, 3.05) is 31.1 Å². The van der Waals surface area contributed by atoms with Gasteiger partial charge in [0.2, 0.25) is 0 Å². The van der Waals surface area contributed by atoms with E-state index >= 15 is 0 Å². The van der Waals surface area contributed by atoms with Crippen LogP contribution in [0.4, 0.5) is 5.69 Å². The normalized spacial score (nSPS) is 17.4. The second-order valence-electron chi connectivity index (χ2n) is 7.65. The van der Waals surface area contributed by atoms with Crippen LogP contribution in [-0.2, 0) is 13.1 Å². The molecule has 0 aliphatic carbocycles. The van der Waals surface area contributed by atoms with E-state index in [1.165, 1.54) is 36.9 Å². The van der Waals surface area contributed by atoms with Crippen LogP contribution in [0.2, 0.25) is 0 Å². The molecule has 1 amide bonds. The minimum atomic E-state index is 0.0287. The van der Waals surface area contributed by atoms with Gasteiger partial charge in [0, 0.05) is 37.4 Å². The quantitative estimate of drug-likeness (QED) is 0.848. The lowest BCUT2D eigenvalue weighted by molar-refractivity contribution is 0.0949. The first kappa shape index (κ1) is 18.1. The van der Waals surface area contributed by atoms with E-state index in [4.69, 9.17) is 0 Å². The van der Waals surface area contributed by atoms with E-state index in [0.29, 0.717) is 6.54 Å². The molecule has 4 rings (SSSR count). The SMILES string of the molecule is O=C(NCc1ccccc1N1CCCC1)c1ccccc1CN1CCCC1. The zero-order valence-electron chi connectivity index (χ0n) is 16.0. The van der Waals surface area contributed by atoms with E-state index in [0.717, 1.165) is 43.9 Å². The van der Waals surface area contributed by atoms with Crippen molar-refractivity contribution in [3.05, 3.63) is 65.2 Å². The summed E-state index contributed by atoms with van der Waals surface area (Å²) in [6.45, 7) is 5.95. The van der Waals surface area contributed by atoms with Crippen molar-refractivity contribution in [1.82, 2.24) is 10.2 Å². The van der Waals surface area contributed by atoms with Crippen LogP contribution in [0.5, 0.6) is 0 Å². The van der Waals surface area contributed by atoms with Gasteiger partial charge in [0.15, 0.2) is 0 Å². The molecule has 0 bridgehead atoms. The highest BCUT2D eigenvalue weighted by Crippen LogP contribution is 2.24. The Bertz CT molecular complexity index is 777. The summed E-state index contributed by atoms with van der Waals surface area (Å²) in [7, 11) is 0. The number of benzene rings is 2. The third-order valence-corrected chi connectivity index (χ3v) is 5.73. The second-order valence-corrected chi connectivity index (χ2v) is 7.65. The molecule has 4 nitrogen and oxygen atoms in total. The van der Waals surface area contributed by atoms with E-state index in [-0.39, 0.29) is 5.91 Å². The van der Waals surface area contributed by atoms with Crippen LogP contribution in [-0.4, -0.2) is 37.0 Å². The first-order valence-corrected chi connectivity index (χ1v) is 10.2. The number of nitrogens with zero attached hydrogens (tertiary/aromatic N) is 2. The van der Waals surface area contributed by atoms with Crippen molar-refractivity contribution in [1.29, 1.82) is 0 Å². The molecule has 2 aromatic carbocycles. The number of carbonyl (C=O) groups excluding carboxylic acids is 1. The average molecular weight is 364 g/mol. The molecule has 4 heteroatoms. The number of likely N-dealkylation sites (tertiary alicyclic amines) is 1. The fraction of sp³-hybridized carbons (Fsp3) is 0.435. The molecule has 0 spiro atoms. The molecule has 1 N–H and O–H groups in total. The van der Waals surface area contributed by atoms with E-state index in [2.05, 4.69) is 45.4 Å². The molecule has 0 aromatic heterocycles. The smallest absolute Gasteiger partial charge is 0.251 e. The third kappa shape index (κ3) is 4.33. The van der Waals surface area contributed by atoms with Crippen molar-refractivity contribution in [2.24, 2.45) is 0 Å². The number of anilines is 1. The second kappa shape index (κ2) is 8.57. The van der Waals surface area contributed by atoms with Gasteiger partial charge in [-0.1, -0.05) is 36.4 Å². The first-order valence-electron chi connectivity index (χ1n) is 10.2. The Hall–Kier alpha value is -2.33. The van der Waals surface area contributed by atoms with E-state index in [1.54, 1.807) is 0 Å². The highest BCUT2D eigenvalue weighted by molar-refractivity contribution is 5.95. The Morgan fingerprint density at radius 1 is 0.815 bits per heavy atom. The van der Waals surface area contributed by atoms with Crippen LogP contribution in [0, 0.1) is 0 Å². The Morgan fingerprint density at radius 3 is 2.22 bits per heavy atom. The molecule has 0 atom stereocenters. The van der Waals surface area contributed by atoms with Crippen molar-refractivity contribution in [3.63, 3.8) is 0 Å². The summed E-state index contributed by atoms with van der Waals surface area (Å²) in [6, 6.07) is 16.5. The van der Waals surface area contributed by atoms with Crippen molar-refractivity contribution in [3.8, 4) is 0 Å². The monoisotopic (exact) mass is 363 g/mol. The van der Waals surface area contributed by atoms with Gasteiger partial charge in [-0.05, 0) is 62.0 Å². The van der Waals surface area contributed by atoms with Gasteiger partial charge in [-0.3, -0.25) is 9.69 Å². The van der Waals surface area contributed by atoms with E-state index in [1.807, 2.05) is 18.2 Å². The lowest BCUT2D eigenvalue weighted by Crippen LogP contribution is -2.27. The summed E-state index contributed by atoms with van der Waals surface area (Å²) >= 11 is 0. The maximum absolute atomic E-state index is 12.9. The number of hydrogen-bond acceptors (Lipinski definition) is 3. The molecule has 0 saturated carbocycles. The molecule has 2 fully saturated rings. The van der Waals surface area contributed by atoms with Crippen LogP contribution in [0.3, 0.4) is 0 Å². The molecule has 2 aromatic rings. The van der Waals surface area contributed by atoms with Gasteiger partial charge >= 0.3 is 0 Å². The maximum atomic E-state index is 12.9. The molecule has 0 radical (unpaired) electrons. The van der Waals surface area contributed by atoms with Gasteiger partial charge in [-0.15, -0.1) is 0 Å². The summed E-state index contributed by atoms with van der Waals surface area (Å²) < 4.78 is 0. The Balaban J connectivity index is 1.44. The first-order chi connectivity index (χ1) is 13.3. The van der Waals surface area contributed by atoms with Gasteiger partial charge in [-0.2, -0.15) is 0 Å². The molecule has 2 aliphatic rings. The number of nitrogens with one attached hydrogen (secondary N) is 1. The van der Waals surface area contributed by atoms with Crippen LogP contribution in [0.25, 0.3) is 0 Å². The standard InChI is InChI=1S/C23H29N3O/c27-23(21-11-3-1-10-20(21)18-25-13-5-6-14-25)24-17-19-9-2-4-12-22(19)26-15-7-8-16-26/h1-4,9-12H,5-8,13-18H2,(H,24,27). The van der Waals surface area contributed by atoms with Crippen molar-refractivity contribution in [2.45, 2.75) is 38.8 Å². The predicted molar refractivity (Wildman–Crippen MR) is 110 cm³/mol. The summed E-state index contributed by atoms with van der Waals surface area (Å²) in [6.07, 6.45) is 5.04. The summed E-state index contributed by atoms with van der Waals surface area (Å²) in [5.74, 6) is 0.0287. The zero-order chi connectivity index (χ0) is 18.5. The molecular formula is C23H29N3O. The number of carbonyl (C=O) groups is 1. The van der Waals surface area contributed by atoms with Crippen LogP contribution in [0.15, 0.2) is 48.5 Å². The van der Waals surface area contributed by atoms with E-state index < -0.39 is 0 Å². The van der Waals surface area contributed by atoms with Crippen molar-refractivity contribution < 1.29 is 4.79 Å². The Morgan fingerprint density at radius 2 is 1.44 bits per heavy atom. The highest BCUT2D eigenvalue weighted by atomic mass is 16.1. The molecule has 2 saturated heterocycles. The fourth-order valence-corrected chi connectivity index (χ4v) is 4.26. The van der Waals surface area contributed by atoms with Gasteiger partial charge in [0.1, 0.15) is 0 Å². The minimum Gasteiger partial charge on any atom is -0.371 e. The van der Waals surface area contributed by atoms with Crippen LogP contribution >= 0.6 is 0 Å². The third-order valence-electron chi connectivity index (χ3n) is 5.73. The molecule has 27 heavy (non-hydrogen) atoms. The Labute approximate surface area is 162 Å². The Kier molecular flexibility index (Phi) is 5.73. The zero-order valence-corrected chi connectivity index (χ0v) is 16.0. The van der Waals surface area contributed by atoms with E-state index in [9.17, 15) is 4.79 Å².